The minimum absolute atomic E-state index is 0.822. The van der Waals surface area contributed by atoms with Gasteiger partial charge in [0.1, 0.15) is 5.75 Å². The summed E-state index contributed by atoms with van der Waals surface area (Å²) in [6.45, 7) is 9.53. The van der Waals surface area contributed by atoms with Gasteiger partial charge in [-0.1, -0.05) is 6.07 Å². The average Bonchev–Trinajstić information content (AvgIpc) is 3.54. The normalized spacial score (nSPS) is 17.9. The lowest BCUT2D eigenvalue weighted by atomic mass is 10.2. The van der Waals surface area contributed by atoms with Crippen LogP contribution in [-0.4, -0.2) is 70.5 Å². The van der Waals surface area contributed by atoms with Gasteiger partial charge in [-0.05, 0) is 44.2 Å². The molecule has 2 fully saturated rings. The molecule has 1 saturated carbocycles. The molecule has 1 aliphatic heterocycles. The highest BCUT2D eigenvalue weighted by atomic mass is 16.5. The maximum atomic E-state index is 5.71. The van der Waals surface area contributed by atoms with Crippen molar-refractivity contribution in [3.8, 4) is 5.75 Å². The van der Waals surface area contributed by atoms with Crippen molar-refractivity contribution >= 4 is 11.6 Å². The predicted octanol–water partition coefficient (Wildman–Crippen LogP) is 2.60. The Morgan fingerprint density at radius 2 is 2.04 bits per heavy atom. The SMILES string of the molecule is CCNC(=NCCCOCC1CC1)N1CCN(c2cccc(OC)c2)CC1. The number of guanidine groups is 1. The number of ether oxygens (including phenoxy) is 2. The molecule has 1 heterocycles. The van der Waals surface area contributed by atoms with E-state index in [9.17, 15) is 0 Å². The van der Waals surface area contributed by atoms with Gasteiger partial charge in [0.15, 0.2) is 5.96 Å². The fourth-order valence-corrected chi connectivity index (χ4v) is 3.30. The summed E-state index contributed by atoms with van der Waals surface area (Å²) in [5, 5.41) is 3.44. The minimum Gasteiger partial charge on any atom is -0.497 e. The quantitative estimate of drug-likeness (QED) is 0.409. The second-order valence-electron chi connectivity index (χ2n) is 7.28. The van der Waals surface area contributed by atoms with Crippen LogP contribution in [0.4, 0.5) is 5.69 Å². The number of aliphatic imine (C=N–C) groups is 1. The zero-order chi connectivity index (χ0) is 18.9. The molecule has 27 heavy (non-hydrogen) atoms. The van der Waals surface area contributed by atoms with Crippen LogP contribution < -0.4 is 15.0 Å². The summed E-state index contributed by atoms with van der Waals surface area (Å²) < 4.78 is 11.1. The molecule has 6 heteroatoms. The summed E-state index contributed by atoms with van der Waals surface area (Å²) in [6.07, 6.45) is 3.69. The number of methoxy groups -OCH3 is 1. The van der Waals surface area contributed by atoms with E-state index in [1.165, 1.54) is 18.5 Å². The van der Waals surface area contributed by atoms with Gasteiger partial charge < -0.3 is 24.6 Å². The predicted molar refractivity (Wildman–Crippen MR) is 111 cm³/mol. The van der Waals surface area contributed by atoms with Crippen LogP contribution in [0.2, 0.25) is 0 Å². The Kier molecular flexibility index (Phi) is 7.63. The third-order valence-electron chi connectivity index (χ3n) is 5.09. The second-order valence-corrected chi connectivity index (χ2v) is 7.28. The first-order valence-corrected chi connectivity index (χ1v) is 10.3. The van der Waals surface area contributed by atoms with Gasteiger partial charge >= 0.3 is 0 Å². The van der Waals surface area contributed by atoms with Crippen LogP contribution in [0.25, 0.3) is 0 Å². The molecule has 1 aromatic carbocycles. The molecule has 3 rings (SSSR count). The molecule has 2 aliphatic rings. The highest BCUT2D eigenvalue weighted by Gasteiger charge is 2.21. The van der Waals surface area contributed by atoms with Gasteiger partial charge in [-0.25, -0.2) is 0 Å². The molecule has 150 valence electrons. The number of hydrogen-bond acceptors (Lipinski definition) is 4. The standard InChI is InChI=1S/C21H34N4O2/c1-3-22-21(23-10-5-15-27-17-18-8-9-18)25-13-11-24(12-14-25)19-6-4-7-20(16-19)26-2/h4,6-7,16,18H,3,5,8-15,17H2,1-2H3,(H,22,23). The number of nitrogens with one attached hydrogen (secondary N) is 1. The number of anilines is 1. The fourth-order valence-electron chi connectivity index (χ4n) is 3.30. The highest BCUT2D eigenvalue weighted by molar-refractivity contribution is 5.80. The van der Waals surface area contributed by atoms with Crippen LogP contribution in [0.15, 0.2) is 29.3 Å². The molecule has 0 amide bonds. The number of nitrogens with zero attached hydrogens (tertiary/aromatic N) is 3. The van der Waals surface area contributed by atoms with Crippen molar-refractivity contribution in [2.24, 2.45) is 10.9 Å². The number of hydrogen-bond donors (Lipinski definition) is 1. The van der Waals surface area contributed by atoms with Crippen LogP contribution in [0.3, 0.4) is 0 Å². The summed E-state index contributed by atoms with van der Waals surface area (Å²) >= 11 is 0. The van der Waals surface area contributed by atoms with Crippen LogP contribution in [0.1, 0.15) is 26.2 Å². The molecule has 6 nitrogen and oxygen atoms in total. The van der Waals surface area contributed by atoms with E-state index in [1.807, 2.05) is 6.07 Å². The number of rotatable bonds is 9. The van der Waals surface area contributed by atoms with Crippen molar-refractivity contribution in [1.29, 1.82) is 0 Å². The summed E-state index contributed by atoms with van der Waals surface area (Å²) in [5.41, 5.74) is 1.23. The van der Waals surface area contributed by atoms with E-state index in [4.69, 9.17) is 14.5 Å². The van der Waals surface area contributed by atoms with Crippen LogP contribution in [0, 0.1) is 5.92 Å². The maximum absolute atomic E-state index is 5.71. The van der Waals surface area contributed by atoms with Gasteiger partial charge in [0, 0.05) is 64.2 Å². The maximum Gasteiger partial charge on any atom is 0.194 e. The van der Waals surface area contributed by atoms with Crippen molar-refractivity contribution in [2.75, 3.05) is 64.5 Å². The van der Waals surface area contributed by atoms with Gasteiger partial charge in [0.2, 0.25) is 0 Å². The Labute approximate surface area is 163 Å². The molecular weight excluding hydrogens is 340 g/mol. The Hall–Kier alpha value is -1.95. The van der Waals surface area contributed by atoms with Crippen LogP contribution in [-0.2, 0) is 4.74 Å². The average molecular weight is 375 g/mol. The van der Waals surface area contributed by atoms with Crippen molar-refractivity contribution in [3.63, 3.8) is 0 Å². The molecule has 1 aromatic rings. The van der Waals surface area contributed by atoms with Crippen LogP contribution in [0.5, 0.6) is 5.75 Å². The van der Waals surface area contributed by atoms with Crippen molar-refractivity contribution in [3.05, 3.63) is 24.3 Å². The molecule has 1 aliphatic carbocycles. The first-order chi connectivity index (χ1) is 13.3. The lowest BCUT2D eigenvalue weighted by molar-refractivity contribution is 0.123. The van der Waals surface area contributed by atoms with Gasteiger partial charge in [0.05, 0.1) is 7.11 Å². The molecule has 1 saturated heterocycles. The Morgan fingerprint density at radius 3 is 2.74 bits per heavy atom. The summed E-state index contributed by atoms with van der Waals surface area (Å²) in [5.74, 6) is 2.78. The third-order valence-corrected chi connectivity index (χ3v) is 5.09. The van der Waals surface area contributed by atoms with E-state index in [-0.39, 0.29) is 0 Å². The van der Waals surface area contributed by atoms with E-state index < -0.39 is 0 Å². The van der Waals surface area contributed by atoms with E-state index in [0.29, 0.717) is 0 Å². The van der Waals surface area contributed by atoms with Crippen molar-refractivity contribution < 1.29 is 9.47 Å². The van der Waals surface area contributed by atoms with Gasteiger partial charge in [0.25, 0.3) is 0 Å². The summed E-state index contributed by atoms with van der Waals surface area (Å²) in [7, 11) is 1.72. The lowest BCUT2D eigenvalue weighted by Gasteiger charge is -2.37. The topological polar surface area (TPSA) is 49.3 Å². The van der Waals surface area contributed by atoms with Crippen LogP contribution >= 0.6 is 0 Å². The van der Waals surface area contributed by atoms with E-state index in [2.05, 4.69) is 40.2 Å². The van der Waals surface area contributed by atoms with Crippen molar-refractivity contribution in [1.82, 2.24) is 10.2 Å². The largest absolute Gasteiger partial charge is 0.497 e. The smallest absolute Gasteiger partial charge is 0.194 e. The Morgan fingerprint density at radius 1 is 1.22 bits per heavy atom. The molecule has 0 aromatic heterocycles. The summed E-state index contributed by atoms with van der Waals surface area (Å²) in [6, 6.07) is 8.30. The molecule has 0 bridgehead atoms. The van der Waals surface area contributed by atoms with E-state index in [1.54, 1.807) is 7.11 Å². The Bertz CT molecular complexity index is 596. The number of piperazine rings is 1. The molecule has 0 radical (unpaired) electrons. The first kappa shape index (κ1) is 19.8. The van der Waals surface area contributed by atoms with Crippen molar-refractivity contribution in [2.45, 2.75) is 26.2 Å². The summed E-state index contributed by atoms with van der Waals surface area (Å²) in [4.78, 5) is 9.58. The molecule has 0 atom stereocenters. The zero-order valence-corrected chi connectivity index (χ0v) is 16.8. The van der Waals surface area contributed by atoms with Gasteiger partial charge in [-0.3, -0.25) is 4.99 Å². The minimum atomic E-state index is 0.822. The monoisotopic (exact) mass is 374 g/mol. The molecule has 1 N–H and O–H groups in total. The third kappa shape index (κ3) is 6.31. The van der Waals surface area contributed by atoms with Gasteiger partial charge in [-0.2, -0.15) is 0 Å². The number of benzene rings is 1. The van der Waals surface area contributed by atoms with E-state index in [0.717, 1.165) is 76.5 Å². The highest BCUT2D eigenvalue weighted by Crippen LogP contribution is 2.28. The molecular formula is C21H34N4O2. The van der Waals surface area contributed by atoms with E-state index >= 15 is 0 Å². The molecule has 0 unspecified atom stereocenters. The zero-order valence-electron chi connectivity index (χ0n) is 16.8. The fraction of sp³-hybridized carbons (Fsp3) is 0.667. The van der Waals surface area contributed by atoms with Gasteiger partial charge in [-0.15, -0.1) is 0 Å². The Balaban J connectivity index is 1.44. The second kappa shape index (κ2) is 10.4. The first-order valence-electron chi connectivity index (χ1n) is 10.3. The lowest BCUT2D eigenvalue weighted by Crippen LogP contribution is -2.52. The molecule has 0 spiro atoms.